The van der Waals surface area contributed by atoms with E-state index in [1.165, 1.54) is 25.7 Å². The number of benzene rings is 3. The molecule has 5 aliphatic heterocycles. The van der Waals surface area contributed by atoms with Crippen LogP contribution in [0.25, 0.3) is 20.1 Å². The van der Waals surface area contributed by atoms with E-state index in [-0.39, 0.29) is 125 Å². The normalized spacial score (nSPS) is 18.6. The number of carboxylic acid groups (broad SMARTS) is 4. The van der Waals surface area contributed by atoms with Crippen LogP contribution in [0.15, 0.2) is 83.2 Å². The number of ether oxygens (including phenoxy) is 2. The number of rotatable bonds is 16. The van der Waals surface area contributed by atoms with Gasteiger partial charge in [-0.05, 0) is 166 Å². The molecule has 2 amide bonds. The van der Waals surface area contributed by atoms with E-state index < -0.39 is 70.3 Å². The number of amides is 2. The third-order valence-corrected chi connectivity index (χ3v) is 19.6. The van der Waals surface area contributed by atoms with Crippen LogP contribution in [0, 0.1) is 40.5 Å². The molecule has 3 aromatic carbocycles. The molecule has 1 radical (unpaired) electrons. The number of allylic oxidation sites excluding steroid dienone is 1. The van der Waals surface area contributed by atoms with Crippen LogP contribution in [-0.2, 0) is 70.3 Å². The largest absolute Gasteiger partial charge is 1.00 e. The molecule has 0 aromatic heterocycles. The second-order valence-corrected chi connectivity index (χ2v) is 27.5. The number of Topliss-reactive ketones (excluding diaryl/α,β-unsaturated/α-hetero) is 2. The zero-order valence-corrected chi connectivity index (χ0v) is 74.5. The number of alkyl halides is 5. The minimum Gasteiger partial charge on any atom is -0.399 e. The number of anilines is 1. The van der Waals surface area contributed by atoms with Gasteiger partial charge in [0.25, 0.3) is 5.91 Å². The summed E-state index contributed by atoms with van der Waals surface area (Å²) in [6.07, 6.45) is 5.29. The maximum Gasteiger partial charge on any atom is 1.00 e. The van der Waals surface area contributed by atoms with Crippen LogP contribution in [0.3, 0.4) is 0 Å². The van der Waals surface area contributed by atoms with Crippen molar-refractivity contribution in [2.75, 3.05) is 60.4 Å². The van der Waals surface area contributed by atoms with Crippen LogP contribution in [0.5, 0.6) is 0 Å². The average molecular weight is 1950 g/mol. The van der Waals surface area contributed by atoms with Gasteiger partial charge in [0, 0.05) is 58.8 Å². The van der Waals surface area contributed by atoms with Gasteiger partial charge in [0.1, 0.15) is 29.3 Å². The second kappa shape index (κ2) is 62.5. The summed E-state index contributed by atoms with van der Waals surface area (Å²) in [6, 6.07) is 14.8. The van der Waals surface area contributed by atoms with Gasteiger partial charge >= 0.3 is 84.2 Å². The maximum atomic E-state index is 11.9. The van der Waals surface area contributed by atoms with Crippen molar-refractivity contribution < 1.29 is 134 Å². The number of thiol groups is 1. The minimum atomic E-state index is -1.62. The van der Waals surface area contributed by atoms with E-state index >= 15 is 0 Å². The Bertz CT molecular complexity index is 3670. The van der Waals surface area contributed by atoms with Crippen LogP contribution < -0.4 is 46.5 Å². The zero-order valence-electron chi connectivity index (χ0n) is 63.8. The first-order valence-corrected chi connectivity index (χ1v) is 37.0. The topological polar surface area (TPSA) is 464 Å². The van der Waals surface area contributed by atoms with Gasteiger partial charge in [0.15, 0.2) is 45.4 Å². The summed E-state index contributed by atoms with van der Waals surface area (Å²) in [6.45, 7) is 46.2. The van der Waals surface area contributed by atoms with E-state index in [4.69, 9.17) is 83.7 Å². The molecule has 621 valence electrons. The second-order valence-electron chi connectivity index (χ2n) is 24.7. The van der Waals surface area contributed by atoms with Crippen LogP contribution in [-0.4, -0.2) is 218 Å². The number of esters is 1. The summed E-state index contributed by atoms with van der Waals surface area (Å²) < 4.78 is 28.5. The number of carboxylic acids is 4. The van der Waals surface area contributed by atoms with E-state index in [0.29, 0.717) is 71.8 Å². The number of halogens is 7. The Balaban J connectivity index is -0.000000182. The Hall–Kier alpha value is -5.78. The first-order chi connectivity index (χ1) is 50.5. The predicted octanol–water partition coefficient (Wildman–Crippen LogP) is 9.53. The number of ketones is 2. The number of carbonyl (C=O) groups excluding carboxylic acids is 6. The van der Waals surface area contributed by atoms with Crippen molar-refractivity contribution >= 4 is 194 Å². The average Bonchev–Trinajstić information content (AvgIpc) is 1.75. The Labute approximate surface area is 735 Å². The molecule has 112 heavy (non-hydrogen) atoms. The SMILES string of the molecule is Br.C.C.C=C(C)C(=O)Cl.C=C(C)C(=O)N1CCC[C@@H]1C(=O)O.C[C@@]1(CBr)OC(=O)C2CCCN2C1=O.C[C@](O)(CBr)C(=O)O.C[C@](O)(CBr)C(=O)O.N[N-]O.O=C(O)[C@H]1CCCN1.[2H]CF.[B]=NS.[C-]#[N+]c1ccc(CC(=O)[C@@](C)(O)CBr)cc1C.[C-]#[N+]c1ccc(CC(=O)[C@]2(C)CO2)cc1C.[C-]#[N+]c1ccc(N)cc1C.[Na+]. The summed E-state index contributed by atoms with van der Waals surface area (Å²) in [4.78, 5) is 122. The van der Waals surface area contributed by atoms with Crippen molar-refractivity contribution in [2.24, 2.45) is 10.1 Å². The van der Waals surface area contributed by atoms with Crippen LogP contribution in [0.4, 0.5) is 27.1 Å². The first kappa shape index (κ1) is 119. The monoisotopic (exact) mass is 1940 g/mol. The number of fused-ring (bicyclic) bond motifs is 1. The molecule has 0 saturated carbocycles. The molecule has 5 aliphatic rings. The van der Waals surface area contributed by atoms with Gasteiger partial charge in [0.2, 0.25) is 11.1 Å². The molecule has 0 spiro atoms. The predicted molar refractivity (Wildman–Crippen MR) is 449 cm³/mol. The molecule has 5 saturated heterocycles. The summed E-state index contributed by atoms with van der Waals surface area (Å²) in [5.41, 5.74) is 9.22. The summed E-state index contributed by atoms with van der Waals surface area (Å²) in [5.74, 6) is -0.740. The number of aliphatic hydroxyl groups is 3. The fourth-order valence-electron chi connectivity index (χ4n) is 8.30. The van der Waals surface area contributed by atoms with E-state index in [2.05, 4.69) is 127 Å². The van der Waals surface area contributed by atoms with Gasteiger partial charge < -0.3 is 82.7 Å². The Morgan fingerprint density at radius 1 is 0.768 bits per heavy atom. The molecule has 8 rings (SSSR count). The third kappa shape index (κ3) is 46.7. The number of epoxide rings is 1. The quantitative estimate of drug-likeness (QED) is 0.00542. The number of nitrogens with two attached hydrogens (primary N) is 2. The van der Waals surface area contributed by atoms with E-state index in [1.54, 1.807) is 62.1 Å². The number of aliphatic carboxylic acids is 4. The van der Waals surface area contributed by atoms with Gasteiger partial charge in [-0.25, -0.2) is 33.7 Å². The molecule has 30 nitrogen and oxygen atoms in total. The first-order valence-electron chi connectivity index (χ1n) is 32.5. The molecular weight excluding hydrogens is 1840 g/mol. The van der Waals surface area contributed by atoms with Crippen molar-refractivity contribution in [1.29, 1.82) is 0 Å². The Kier molecular flexibility index (Phi) is 66.7. The van der Waals surface area contributed by atoms with Crippen molar-refractivity contribution in [3.8, 4) is 0 Å². The number of hydrogen-bond donors (Lipinski definition) is 12. The smallest absolute Gasteiger partial charge is 0.399 e. The standard InChI is InChI=1S/C13H14BrNO2.C13H13NO2.C9H12BrNO3.C9H13NO3.C8H8N2.C5H9NO2.2C4H7BrO3.C4H5ClO.CH3F.2CH4.BHNS.BrH.H3N2O.Na/c1-9-6-10(4-5-11(9)15-3)7-12(16)13(2,17)8-14;1-9-6-10(4-5-11(9)14-3)7-12(15)13(2)8-16-13;1-9(5-10)8(13)11-4-2-3-6(11)7(12)14-9;1-6(2)8(11)10-5-3-4-7(10)9(12)13;1-6-5-7(9)3-4-8(6)10-2;7-5(8)4-2-1-3-6-4;2*1-4(8,2-5)3(6)7;1-3(2)4(5)6;1-2;;;1-2-3;;1-2-3;/h4-6,17H,7-8H2,1-2H3;4-6H,7-8H2,1-2H3;6H,2-5H2,1H3;7H,1,3-5H2,2H3,(H,12,13);3-5H,9H2,1H3;4,6H,1-3H2,(H,7,8);2*8H,2H2,1H3,(H,6,7);1H2,2H3;1H3;2*1H4;3H;1H;3H,1H2;/q;;;;;;;;;;;;;;-1;+1/t2*13-;6?,9-;7-;;3*4-;;;;;;;;/m0001.100......../s1/i;;;;;;;;;1D;;;;;;. The van der Waals surface area contributed by atoms with Crippen molar-refractivity contribution in [3.63, 3.8) is 0 Å². The van der Waals surface area contributed by atoms with Crippen molar-refractivity contribution in [3.05, 3.63) is 147 Å². The fourth-order valence-corrected chi connectivity index (χ4v) is 9.45. The van der Waals surface area contributed by atoms with Crippen LogP contribution in [0.2, 0.25) is 0 Å². The number of likely N-dealkylation sites (tertiary alicyclic amines) is 1. The third-order valence-electron chi connectivity index (χ3n) is 15.0. The van der Waals surface area contributed by atoms with Crippen LogP contribution >= 0.6 is 105 Å². The Morgan fingerprint density at radius 2 is 1.16 bits per heavy atom. The van der Waals surface area contributed by atoms with Gasteiger partial charge in [-0.2, -0.15) is 0 Å². The molecule has 0 bridgehead atoms. The zero-order chi connectivity index (χ0) is 85.6. The summed E-state index contributed by atoms with van der Waals surface area (Å²) in [5, 5.41) is 70.8. The molecule has 13 N–H and O–H groups in total. The van der Waals surface area contributed by atoms with Gasteiger partial charge in [-0.15, -0.1) is 17.0 Å². The van der Waals surface area contributed by atoms with E-state index in [0.717, 1.165) is 66.5 Å². The molecule has 8 atom stereocenters. The van der Waals surface area contributed by atoms with Gasteiger partial charge in [-0.1, -0.05) is 134 Å². The fraction of sp³-hybridized carbons (Fsp3) is 0.514. The van der Waals surface area contributed by atoms with Crippen LogP contribution in [0.1, 0.15) is 131 Å². The number of aryl methyl sites for hydroxylation is 3. The van der Waals surface area contributed by atoms with Crippen molar-refractivity contribution in [2.45, 2.75) is 182 Å². The Morgan fingerprint density at radius 3 is 1.46 bits per heavy atom. The molecular formula is C72H104BBr5ClFN10NaO20S. The summed E-state index contributed by atoms with van der Waals surface area (Å²) >= 11 is 20.1. The number of morpholine rings is 1. The number of nitrogens with one attached hydrogen (secondary N) is 1. The molecule has 40 heteroatoms. The molecule has 5 heterocycles. The number of cyclic esters (lactones) is 1. The minimum absolute atomic E-state index is 0. The van der Waals surface area contributed by atoms with Gasteiger partial charge in [-0.3, -0.25) is 33.2 Å². The number of hydrogen-bond acceptors (Lipinski definition) is 21. The van der Waals surface area contributed by atoms with Gasteiger partial charge in [0.05, 0.1) is 40.2 Å². The molecule has 5 fully saturated rings. The van der Waals surface area contributed by atoms with E-state index in [9.17, 15) is 57.4 Å². The number of nitrogen functional groups attached to an aromatic ring is 1. The molecule has 1 unspecified atom stereocenters. The maximum absolute atomic E-state index is 11.9. The number of carbonyl (C=O) groups is 10. The van der Waals surface area contributed by atoms with E-state index in [1.807, 2.05) is 51.5 Å². The summed E-state index contributed by atoms with van der Waals surface area (Å²) in [7, 11) is 3.34. The molecule has 0 aliphatic carbocycles. The van der Waals surface area contributed by atoms with Crippen molar-refractivity contribution in [1.82, 2.24) is 15.1 Å². The number of nitrogens with zero attached hydrogens (tertiary/aromatic N) is 7. The molecule has 3 aromatic rings.